The van der Waals surface area contributed by atoms with Gasteiger partial charge < -0.3 is 14.5 Å². The highest BCUT2D eigenvalue weighted by Crippen LogP contribution is 2.16. The fourth-order valence-electron chi connectivity index (χ4n) is 2.52. The first-order chi connectivity index (χ1) is 11.6. The number of carbonyl (C=O) groups excluding carboxylic acids is 1. The van der Waals surface area contributed by atoms with Gasteiger partial charge in [-0.15, -0.1) is 0 Å². The second kappa shape index (κ2) is 6.77. The van der Waals surface area contributed by atoms with E-state index in [4.69, 9.17) is 4.74 Å². The van der Waals surface area contributed by atoms with Crippen molar-refractivity contribution in [1.82, 2.24) is 14.9 Å². The zero-order valence-electron chi connectivity index (χ0n) is 13.1. The summed E-state index contributed by atoms with van der Waals surface area (Å²) in [6.45, 7) is 1.97. The molecule has 1 fully saturated rings. The first-order valence-corrected chi connectivity index (χ1v) is 7.45. The summed E-state index contributed by atoms with van der Waals surface area (Å²) in [6, 6.07) is 4.84. The summed E-state index contributed by atoms with van der Waals surface area (Å²) >= 11 is 0. The Kier molecular flexibility index (Phi) is 4.54. The highest BCUT2D eigenvalue weighted by molar-refractivity contribution is 5.94. The van der Waals surface area contributed by atoms with Gasteiger partial charge in [0.2, 0.25) is 11.8 Å². The fourth-order valence-corrected chi connectivity index (χ4v) is 2.52. The standard InChI is InChI=1S/C16H16F2N4O2/c1-24-14-4-5-19-16(20-14)22-8-6-21(7-9-22)15(23)11-2-3-12(17)13(18)10-11/h2-5,10H,6-9H2,1H3. The largest absolute Gasteiger partial charge is 0.481 e. The van der Waals surface area contributed by atoms with Crippen LogP contribution in [0.1, 0.15) is 10.4 Å². The van der Waals surface area contributed by atoms with Gasteiger partial charge in [0.25, 0.3) is 5.91 Å². The van der Waals surface area contributed by atoms with Crippen LogP contribution in [0.25, 0.3) is 0 Å². The second-order valence-electron chi connectivity index (χ2n) is 5.31. The van der Waals surface area contributed by atoms with Crippen LogP contribution in [0.3, 0.4) is 0 Å². The number of halogens is 2. The number of anilines is 1. The molecule has 0 atom stereocenters. The number of hydrogen-bond acceptors (Lipinski definition) is 5. The van der Waals surface area contributed by atoms with Crippen LogP contribution in [-0.2, 0) is 0 Å². The molecule has 0 saturated carbocycles. The average Bonchev–Trinajstić information content (AvgIpc) is 2.63. The molecule has 2 aromatic rings. The number of benzene rings is 1. The molecule has 0 aliphatic carbocycles. The van der Waals surface area contributed by atoms with Crippen LogP contribution in [0.15, 0.2) is 30.5 Å². The van der Waals surface area contributed by atoms with Crippen LogP contribution in [0.2, 0.25) is 0 Å². The monoisotopic (exact) mass is 334 g/mol. The molecule has 0 radical (unpaired) electrons. The number of amides is 1. The Morgan fingerprint density at radius 3 is 2.54 bits per heavy atom. The van der Waals surface area contributed by atoms with E-state index in [9.17, 15) is 13.6 Å². The Morgan fingerprint density at radius 1 is 1.12 bits per heavy atom. The molecule has 1 aromatic carbocycles. The Hall–Kier alpha value is -2.77. The van der Waals surface area contributed by atoms with E-state index < -0.39 is 11.6 Å². The summed E-state index contributed by atoms with van der Waals surface area (Å²) in [4.78, 5) is 24.4. The first kappa shape index (κ1) is 16.1. The maximum atomic E-state index is 13.3. The molecule has 0 bridgehead atoms. The molecule has 1 aliphatic heterocycles. The summed E-state index contributed by atoms with van der Waals surface area (Å²) in [5, 5.41) is 0. The number of methoxy groups -OCH3 is 1. The summed E-state index contributed by atoms with van der Waals surface area (Å²) in [5.41, 5.74) is 0.139. The summed E-state index contributed by atoms with van der Waals surface area (Å²) in [7, 11) is 1.53. The zero-order chi connectivity index (χ0) is 17.1. The minimum absolute atomic E-state index is 0.139. The van der Waals surface area contributed by atoms with Crippen LogP contribution in [0.4, 0.5) is 14.7 Å². The molecule has 1 aromatic heterocycles. The molecule has 3 rings (SSSR count). The normalized spacial score (nSPS) is 14.6. The van der Waals surface area contributed by atoms with Crippen LogP contribution in [0.5, 0.6) is 5.88 Å². The van der Waals surface area contributed by atoms with Crippen molar-refractivity contribution in [2.75, 3.05) is 38.2 Å². The third kappa shape index (κ3) is 3.27. The number of ether oxygens (including phenoxy) is 1. The van der Waals surface area contributed by atoms with Crippen molar-refractivity contribution in [3.05, 3.63) is 47.7 Å². The SMILES string of the molecule is COc1ccnc(N2CCN(C(=O)c3ccc(F)c(F)c3)CC2)n1. The van der Waals surface area contributed by atoms with Gasteiger partial charge in [-0.05, 0) is 18.2 Å². The van der Waals surface area contributed by atoms with Crippen molar-refractivity contribution < 1.29 is 18.3 Å². The molecule has 24 heavy (non-hydrogen) atoms. The van der Waals surface area contributed by atoms with Crippen LogP contribution in [0, 0.1) is 11.6 Å². The Bertz CT molecular complexity index is 749. The van der Waals surface area contributed by atoms with Gasteiger partial charge in [0.05, 0.1) is 7.11 Å². The Balaban J connectivity index is 1.65. The fraction of sp³-hybridized carbons (Fsp3) is 0.312. The molecule has 0 spiro atoms. The van der Waals surface area contributed by atoms with E-state index >= 15 is 0 Å². The number of carbonyl (C=O) groups is 1. The minimum atomic E-state index is -1.02. The number of nitrogens with zero attached hydrogens (tertiary/aromatic N) is 4. The number of hydrogen-bond donors (Lipinski definition) is 0. The Morgan fingerprint density at radius 2 is 1.88 bits per heavy atom. The minimum Gasteiger partial charge on any atom is -0.481 e. The van der Waals surface area contributed by atoms with E-state index in [1.165, 1.54) is 13.2 Å². The summed E-state index contributed by atoms with van der Waals surface area (Å²) < 4.78 is 31.3. The van der Waals surface area contributed by atoms with E-state index in [1.807, 2.05) is 4.90 Å². The van der Waals surface area contributed by atoms with Gasteiger partial charge in [-0.2, -0.15) is 4.98 Å². The lowest BCUT2D eigenvalue weighted by molar-refractivity contribution is 0.0745. The van der Waals surface area contributed by atoms with Crippen molar-refractivity contribution >= 4 is 11.9 Å². The van der Waals surface area contributed by atoms with Gasteiger partial charge in [0.15, 0.2) is 11.6 Å². The first-order valence-electron chi connectivity index (χ1n) is 7.45. The van der Waals surface area contributed by atoms with E-state index in [0.29, 0.717) is 38.0 Å². The van der Waals surface area contributed by atoms with E-state index in [1.54, 1.807) is 17.2 Å². The van der Waals surface area contributed by atoms with Crippen LogP contribution >= 0.6 is 0 Å². The van der Waals surface area contributed by atoms with Crippen molar-refractivity contribution in [3.8, 4) is 5.88 Å². The topological polar surface area (TPSA) is 58.6 Å². The predicted molar refractivity (Wildman–Crippen MR) is 83.1 cm³/mol. The van der Waals surface area contributed by atoms with E-state index in [-0.39, 0.29) is 11.5 Å². The smallest absolute Gasteiger partial charge is 0.254 e. The lowest BCUT2D eigenvalue weighted by atomic mass is 10.1. The molecule has 8 heteroatoms. The quantitative estimate of drug-likeness (QED) is 0.855. The lowest BCUT2D eigenvalue weighted by Crippen LogP contribution is -2.49. The third-order valence-electron chi connectivity index (χ3n) is 3.84. The lowest BCUT2D eigenvalue weighted by Gasteiger charge is -2.34. The molecule has 1 amide bonds. The summed E-state index contributed by atoms with van der Waals surface area (Å²) in [6.07, 6.45) is 1.61. The maximum absolute atomic E-state index is 13.3. The zero-order valence-corrected chi connectivity index (χ0v) is 13.1. The number of aromatic nitrogens is 2. The van der Waals surface area contributed by atoms with Gasteiger partial charge in [-0.1, -0.05) is 0 Å². The molecular formula is C16H16F2N4O2. The predicted octanol–water partition coefficient (Wildman–Crippen LogP) is 1.73. The maximum Gasteiger partial charge on any atom is 0.254 e. The van der Waals surface area contributed by atoms with E-state index in [2.05, 4.69) is 9.97 Å². The molecule has 6 nitrogen and oxygen atoms in total. The van der Waals surface area contributed by atoms with Gasteiger partial charge in [-0.3, -0.25) is 4.79 Å². The highest BCUT2D eigenvalue weighted by atomic mass is 19.2. The molecule has 1 aliphatic rings. The van der Waals surface area contributed by atoms with Crippen molar-refractivity contribution in [1.29, 1.82) is 0 Å². The number of rotatable bonds is 3. The molecule has 2 heterocycles. The van der Waals surface area contributed by atoms with Crippen LogP contribution < -0.4 is 9.64 Å². The van der Waals surface area contributed by atoms with E-state index in [0.717, 1.165) is 12.1 Å². The van der Waals surface area contributed by atoms with Crippen molar-refractivity contribution in [3.63, 3.8) is 0 Å². The van der Waals surface area contributed by atoms with Gasteiger partial charge >= 0.3 is 0 Å². The highest BCUT2D eigenvalue weighted by Gasteiger charge is 2.24. The number of piperazine rings is 1. The summed E-state index contributed by atoms with van der Waals surface area (Å²) in [5.74, 6) is -1.30. The third-order valence-corrected chi connectivity index (χ3v) is 3.84. The van der Waals surface area contributed by atoms with Crippen molar-refractivity contribution in [2.45, 2.75) is 0 Å². The average molecular weight is 334 g/mol. The van der Waals surface area contributed by atoms with Crippen LogP contribution in [-0.4, -0.2) is 54.1 Å². The molecule has 0 N–H and O–H groups in total. The van der Waals surface area contributed by atoms with Gasteiger partial charge in [-0.25, -0.2) is 13.8 Å². The molecular weight excluding hydrogens is 318 g/mol. The van der Waals surface area contributed by atoms with Gasteiger partial charge in [0, 0.05) is 44.0 Å². The molecule has 126 valence electrons. The molecule has 0 unspecified atom stereocenters. The Labute approximate surface area is 137 Å². The van der Waals surface area contributed by atoms with Gasteiger partial charge in [0.1, 0.15) is 0 Å². The molecule has 1 saturated heterocycles. The van der Waals surface area contributed by atoms with Crippen molar-refractivity contribution in [2.24, 2.45) is 0 Å². The second-order valence-corrected chi connectivity index (χ2v) is 5.31.